The fourth-order valence-electron chi connectivity index (χ4n) is 11.3. The van der Waals surface area contributed by atoms with Crippen molar-refractivity contribution in [3.05, 3.63) is 24.3 Å². The summed E-state index contributed by atoms with van der Waals surface area (Å²) in [6, 6.07) is 0. The Kier molecular flexibility index (Phi) is 67.8. The minimum Gasteiger partial charge on any atom is -0.462 e. The normalized spacial score (nSPS) is 14.1. The van der Waals surface area contributed by atoms with Crippen LogP contribution in [0.4, 0.5) is 0 Å². The number of aliphatic hydroxyl groups is 1. The molecular formula is C77H146O17P2. The van der Waals surface area contributed by atoms with Gasteiger partial charge in [0.2, 0.25) is 0 Å². The summed E-state index contributed by atoms with van der Waals surface area (Å²) in [5.74, 6) is -1.38. The minimum absolute atomic E-state index is 0.0857. The van der Waals surface area contributed by atoms with Gasteiger partial charge in [0.15, 0.2) is 12.2 Å². The molecule has 566 valence electrons. The van der Waals surface area contributed by atoms with Crippen LogP contribution in [0.1, 0.15) is 381 Å². The molecule has 96 heavy (non-hydrogen) atoms. The van der Waals surface area contributed by atoms with Gasteiger partial charge in [-0.1, -0.05) is 329 Å². The van der Waals surface area contributed by atoms with Gasteiger partial charge in [0.1, 0.15) is 19.3 Å². The number of rotatable bonds is 75. The van der Waals surface area contributed by atoms with E-state index in [2.05, 4.69) is 58.9 Å². The molecule has 0 aliphatic heterocycles. The Balaban J connectivity index is 5.30. The van der Waals surface area contributed by atoms with Crippen LogP contribution in [0.3, 0.4) is 0 Å². The summed E-state index contributed by atoms with van der Waals surface area (Å²) in [6.07, 6.45) is 61.6. The van der Waals surface area contributed by atoms with Crippen LogP contribution < -0.4 is 0 Å². The van der Waals surface area contributed by atoms with Gasteiger partial charge in [-0.15, -0.1) is 0 Å². The number of phosphoric acid groups is 2. The molecule has 0 fully saturated rings. The highest BCUT2D eigenvalue weighted by atomic mass is 31.2. The molecule has 0 aromatic heterocycles. The van der Waals surface area contributed by atoms with E-state index >= 15 is 0 Å². The van der Waals surface area contributed by atoms with Crippen molar-refractivity contribution in [1.29, 1.82) is 0 Å². The number of carbonyl (C=O) groups is 4. The molecule has 0 saturated heterocycles. The van der Waals surface area contributed by atoms with Gasteiger partial charge in [0.25, 0.3) is 0 Å². The zero-order valence-corrected chi connectivity index (χ0v) is 63.8. The summed E-state index contributed by atoms with van der Waals surface area (Å²) >= 11 is 0. The summed E-state index contributed by atoms with van der Waals surface area (Å²) in [5.41, 5.74) is 0. The van der Waals surface area contributed by atoms with Crippen molar-refractivity contribution in [3.8, 4) is 0 Å². The van der Waals surface area contributed by atoms with Gasteiger partial charge < -0.3 is 33.8 Å². The molecule has 5 atom stereocenters. The van der Waals surface area contributed by atoms with E-state index in [9.17, 15) is 43.2 Å². The lowest BCUT2D eigenvalue weighted by molar-refractivity contribution is -0.161. The van der Waals surface area contributed by atoms with Crippen molar-refractivity contribution in [2.45, 2.75) is 400 Å². The van der Waals surface area contributed by atoms with E-state index in [1.54, 1.807) is 0 Å². The summed E-state index contributed by atoms with van der Waals surface area (Å²) in [6.45, 7) is 7.23. The van der Waals surface area contributed by atoms with Gasteiger partial charge in [0, 0.05) is 25.7 Å². The number of ether oxygens (including phenoxy) is 4. The molecule has 0 bridgehead atoms. The molecule has 0 radical (unpaired) electrons. The largest absolute Gasteiger partial charge is 0.472 e. The predicted molar refractivity (Wildman–Crippen MR) is 391 cm³/mol. The van der Waals surface area contributed by atoms with Crippen LogP contribution in [0, 0.1) is 5.92 Å². The molecule has 0 rings (SSSR count). The van der Waals surface area contributed by atoms with Crippen LogP contribution in [0.2, 0.25) is 0 Å². The quantitative estimate of drug-likeness (QED) is 0.0169. The summed E-state index contributed by atoms with van der Waals surface area (Å²) < 4.78 is 68.6. The van der Waals surface area contributed by atoms with Crippen LogP contribution in [0.25, 0.3) is 0 Å². The Morgan fingerprint density at radius 3 is 0.854 bits per heavy atom. The maximum atomic E-state index is 13.1. The topological polar surface area (TPSA) is 237 Å². The van der Waals surface area contributed by atoms with Gasteiger partial charge in [-0.3, -0.25) is 37.3 Å². The van der Waals surface area contributed by atoms with E-state index in [0.29, 0.717) is 25.7 Å². The van der Waals surface area contributed by atoms with E-state index in [0.717, 1.165) is 109 Å². The highest BCUT2D eigenvalue weighted by Crippen LogP contribution is 2.45. The smallest absolute Gasteiger partial charge is 0.462 e. The van der Waals surface area contributed by atoms with E-state index in [-0.39, 0.29) is 25.7 Å². The molecule has 0 aromatic carbocycles. The first kappa shape index (κ1) is 93.5. The van der Waals surface area contributed by atoms with Crippen LogP contribution in [0.5, 0.6) is 0 Å². The van der Waals surface area contributed by atoms with Crippen molar-refractivity contribution >= 4 is 39.5 Å². The zero-order chi connectivity index (χ0) is 70.5. The van der Waals surface area contributed by atoms with Gasteiger partial charge >= 0.3 is 39.5 Å². The SMILES string of the molecule is CCCCCC/C=C\C=C/CCCCCCCC(=O)O[C@H](COC(=O)CCCCCCCCCCCCCCCC)COP(=O)(O)OC[C@@H](O)COP(=O)(O)OC[C@@H](COC(=O)CCCCCCCCCCCCC(C)C)OC(=O)CCCCCCCCCCCCCCCC. The molecule has 0 saturated carbocycles. The first-order valence-electron chi connectivity index (χ1n) is 39.5. The van der Waals surface area contributed by atoms with Crippen LogP contribution in [0.15, 0.2) is 24.3 Å². The van der Waals surface area contributed by atoms with Crippen molar-refractivity contribution in [1.82, 2.24) is 0 Å². The lowest BCUT2D eigenvalue weighted by Gasteiger charge is -2.21. The van der Waals surface area contributed by atoms with Gasteiger partial charge in [-0.25, -0.2) is 9.13 Å². The molecule has 0 aliphatic rings. The second kappa shape index (κ2) is 69.6. The Labute approximate surface area is 586 Å². The molecule has 0 spiro atoms. The Morgan fingerprint density at radius 1 is 0.323 bits per heavy atom. The number of esters is 4. The number of hydrogen-bond acceptors (Lipinski definition) is 15. The number of allylic oxidation sites excluding steroid dienone is 4. The van der Waals surface area contributed by atoms with E-state index in [1.165, 1.54) is 193 Å². The first-order valence-corrected chi connectivity index (χ1v) is 42.4. The van der Waals surface area contributed by atoms with Crippen LogP contribution in [-0.2, 0) is 65.4 Å². The first-order chi connectivity index (χ1) is 46.5. The Morgan fingerprint density at radius 2 is 0.562 bits per heavy atom. The standard InChI is InChI=1S/C77H146O17P2/c1-6-9-12-15-18-21-24-27-30-33-36-43-48-53-58-63-77(82)93-72(66-87-74(79)60-55-50-45-40-34-31-28-25-22-19-16-13-10-7-2)68-91-95(83,84)89-64-71(78)65-90-96(85,86)92-69-73(67-88-75(80)61-56-51-46-41-38-37-39-44-49-54-59-70(4)5)94-76(81)62-57-52-47-42-35-32-29-26-23-20-17-14-11-8-3/h21,24,27,30,70-73,78H,6-20,22-23,25-26,28-29,31-69H2,1-5H3,(H,83,84)(H,85,86)/b24-21-,30-27-/t71-,72-,73-/m1/s1. The second-order valence-electron chi connectivity index (χ2n) is 27.5. The summed E-state index contributed by atoms with van der Waals surface area (Å²) in [4.78, 5) is 72.9. The third-order valence-corrected chi connectivity index (χ3v) is 19.3. The fourth-order valence-corrected chi connectivity index (χ4v) is 12.9. The van der Waals surface area contributed by atoms with Crippen molar-refractivity contribution in [2.24, 2.45) is 5.92 Å². The lowest BCUT2D eigenvalue weighted by atomic mass is 10.0. The maximum absolute atomic E-state index is 13.1. The minimum atomic E-state index is -4.97. The molecule has 19 heteroatoms. The fraction of sp³-hybridized carbons (Fsp3) is 0.896. The highest BCUT2D eigenvalue weighted by Gasteiger charge is 2.30. The highest BCUT2D eigenvalue weighted by molar-refractivity contribution is 7.47. The number of unbranched alkanes of at least 4 members (excludes halogenated alkanes) is 44. The average Bonchev–Trinajstić information content (AvgIpc) is 3.71. The molecular weight excluding hydrogens is 1260 g/mol. The number of aliphatic hydroxyl groups excluding tert-OH is 1. The molecule has 0 amide bonds. The zero-order valence-electron chi connectivity index (χ0n) is 62.0. The number of phosphoric ester groups is 2. The molecule has 0 heterocycles. The van der Waals surface area contributed by atoms with E-state index in [1.807, 2.05) is 0 Å². The van der Waals surface area contributed by atoms with Crippen molar-refractivity contribution < 1.29 is 80.2 Å². The summed E-state index contributed by atoms with van der Waals surface area (Å²) in [7, 11) is -9.93. The average molecular weight is 1410 g/mol. The van der Waals surface area contributed by atoms with Crippen molar-refractivity contribution in [2.75, 3.05) is 39.6 Å². The lowest BCUT2D eigenvalue weighted by Crippen LogP contribution is -2.30. The van der Waals surface area contributed by atoms with Gasteiger partial charge in [-0.05, 0) is 57.3 Å². The number of hydrogen-bond donors (Lipinski definition) is 3. The van der Waals surface area contributed by atoms with Gasteiger partial charge in [-0.2, -0.15) is 0 Å². The van der Waals surface area contributed by atoms with E-state index in [4.69, 9.17) is 37.0 Å². The molecule has 0 aliphatic carbocycles. The van der Waals surface area contributed by atoms with Crippen LogP contribution >= 0.6 is 15.6 Å². The summed E-state index contributed by atoms with van der Waals surface area (Å²) in [5, 5.41) is 10.6. The molecule has 0 aromatic rings. The van der Waals surface area contributed by atoms with Crippen LogP contribution in [-0.4, -0.2) is 96.7 Å². The monoisotopic (exact) mass is 1410 g/mol. The molecule has 17 nitrogen and oxygen atoms in total. The van der Waals surface area contributed by atoms with Crippen molar-refractivity contribution in [3.63, 3.8) is 0 Å². The Hall–Kier alpha value is -2.46. The van der Waals surface area contributed by atoms with E-state index < -0.39 is 97.5 Å². The third kappa shape index (κ3) is 70.0. The predicted octanol–water partition coefficient (Wildman–Crippen LogP) is 22.4. The van der Waals surface area contributed by atoms with Gasteiger partial charge in [0.05, 0.1) is 26.4 Å². The molecule has 3 N–H and O–H groups in total. The number of carbonyl (C=O) groups excluding carboxylic acids is 4. The second-order valence-corrected chi connectivity index (χ2v) is 30.4. The third-order valence-electron chi connectivity index (χ3n) is 17.4. The Bertz CT molecular complexity index is 1930. The maximum Gasteiger partial charge on any atom is 0.472 e. The molecule has 2 unspecified atom stereocenters.